The maximum absolute atomic E-state index is 9.07. The van der Waals surface area contributed by atoms with Crippen molar-refractivity contribution in [2.24, 2.45) is 5.41 Å². The Hall–Kier alpha value is -0.970. The number of rotatable bonds is 6. The van der Waals surface area contributed by atoms with Crippen LogP contribution in [0.15, 0.2) is 24.4 Å². The summed E-state index contributed by atoms with van der Waals surface area (Å²) in [7, 11) is 0. The van der Waals surface area contributed by atoms with Gasteiger partial charge in [0.1, 0.15) is 0 Å². The van der Waals surface area contributed by atoms with Gasteiger partial charge in [0.15, 0.2) is 0 Å². The van der Waals surface area contributed by atoms with Crippen LogP contribution < -0.4 is 5.32 Å². The summed E-state index contributed by atoms with van der Waals surface area (Å²) in [5.74, 6) is 0. The molecule has 0 saturated heterocycles. The number of nitrogens with zero attached hydrogens (tertiary/aromatic N) is 1. The Kier molecular flexibility index (Phi) is 4.68. The lowest BCUT2D eigenvalue weighted by Crippen LogP contribution is -2.37. The molecule has 0 aliphatic carbocycles. The zero-order valence-corrected chi connectivity index (χ0v) is 8.98. The molecule has 0 amide bonds. The Bertz CT molecular complexity index is 273. The van der Waals surface area contributed by atoms with Crippen LogP contribution in [0.25, 0.3) is 0 Å². The van der Waals surface area contributed by atoms with E-state index in [4.69, 9.17) is 10.2 Å². The zero-order valence-electron chi connectivity index (χ0n) is 8.98. The predicted molar refractivity (Wildman–Crippen MR) is 58.2 cm³/mol. The minimum Gasteiger partial charge on any atom is -0.396 e. The Morgan fingerprint density at radius 2 is 2.07 bits per heavy atom. The van der Waals surface area contributed by atoms with Gasteiger partial charge in [-0.05, 0) is 12.1 Å². The van der Waals surface area contributed by atoms with E-state index in [0.29, 0.717) is 13.1 Å². The molecule has 0 atom stereocenters. The number of aliphatic hydroxyl groups is 2. The van der Waals surface area contributed by atoms with Gasteiger partial charge in [0.2, 0.25) is 0 Å². The number of nitrogens with one attached hydrogen (secondary N) is 1. The summed E-state index contributed by atoms with van der Waals surface area (Å²) in [6.07, 6.45) is 1.74. The lowest BCUT2D eigenvalue weighted by Gasteiger charge is -2.24. The van der Waals surface area contributed by atoms with Crippen LogP contribution in [-0.2, 0) is 6.54 Å². The third kappa shape index (κ3) is 3.95. The van der Waals surface area contributed by atoms with Gasteiger partial charge in [-0.1, -0.05) is 13.0 Å². The van der Waals surface area contributed by atoms with Gasteiger partial charge in [-0.3, -0.25) is 4.98 Å². The molecule has 0 radical (unpaired) electrons. The normalized spacial score (nSPS) is 11.7. The van der Waals surface area contributed by atoms with Gasteiger partial charge in [0.05, 0.1) is 18.9 Å². The molecule has 0 saturated carbocycles. The second-order valence-corrected chi connectivity index (χ2v) is 4.05. The lowest BCUT2D eigenvalue weighted by atomic mass is 9.93. The molecule has 1 aromatic rings. The smallest absolute Gasteiger partial charge is 0.0541 e. The highest BCUT2D eigenvalue weighted by molar-refractivity contribution is 5.02. The topological polar surface area (TPSA) is 65.4 Å². The first kappa shape index (κ1) is 12.1. The van der Waals surface area contributed by atoms with Gasteiger partial charge in [-0.25, -0.2) is 0 Å². The van der Waals surface area contributed by atoms with Crippen molar-refractivity contribution < 1.29 is 10.2 Å². The number of hydrogen-bond donors (Lipinski definition) is 3. The highest BCUT2D eigenvalue weighted by Crippen LogP contribution is 2.12. The summed E-state index contributed by atoms with van der Waals surface area (Å²) < 4.78 is 0. The molecule has 1 heterocycles. The van der Waals surface area contributed by atoms with Crippen LogP contribution in [0.1, 0.15) is 12.6 Å². The average Bonchev–Trinajstić information content (AvgIpc) is 2.30. The van der Waals surface area contributed by atoms with E-state index < -0.39 is 5.41 Å². The third-order valence-electron chi connectivity index (χ3n) is 2.35. The first-order chi connectivity index (χ1) is 7.20. The fourth-order valence-corrected chi connectivity index (χ4v) is 1.16. The number of hydrogen-bond acceptors (Lipinski definition) is 4. The maximum atomic E-state index is 9.07. The van der Waals surface area contributed by atoms with Crippen LogP contribution in [0.5, 0.6) is 0 Å². The van der Waals surface area contributed by atoms with Gasteiger partial charge < -0.3 is 15.5 Å². The second-order valence-electron chi connectivity index (χ2n) is 4.05. The van der Waals surface area contributed by atoms with Crippen molar-refractivity contribution in [1.29, 1.82) is 0 Å². The largest absolute Gasteiger partial charge is 0.396 e. The highest BCUT2D eigenvalue weighted by Gasteiger charge is 2.21. The molecule has 0 spiro atoms. The minimum absolute atomic E-state index is 0.0290. The van der Waals surface area contributed by atoms with Crippen LogP contribution >= 0.6 is 0 Å². The maximum Gasteiger partial charge on any atom is 0.0541 e. The summed E-state index contributed by atoms with van der Waals surface area (Å²) in [5.41, 5.74) is 0.491. The molecule has 0 aromatic carbocycles. The Morgan fingerprint density at radius 1 is 1.33 bits per heavy atom. The average molecular weight is 210 g/mol. The van der Waals surface area contributed by atoms with E-state index >= 15 is 0 Å². The van der Waals surface area contributed by atoms with E-state index in [2.05, 4.69) is 10.3 Å². The van der Waals surface area contributed by atoms with E-state index in [9.17, 15) is 0 Å². The molecular formula is C11H18N2O2. The molecule has 4 nitrogen and oxygen atoms in total. The number of pyridine rings is 1. The van der Waals surface area contributed by atoms with E-state index in [-0.39, 0.29) is 13.2 Å². The van der Waals surface area contributed by atoms with Crippen molar-refractivity contribution in [1.82, 2.24) is 10.3 Å². The zero-order chi connectivity index (χ0) is 11.1. The SMILES string of the molecule is CC(CO)(CO)CNCc1ccccn1. The Balaban J connectivity index is 2.33. The molecular weight excluding hydrogens is 192 g/mol. The predicted octanol–water partition coefficient (Wildman–Crippen LogP) is 0.162. The van der Waals surface area contributed by atoms with Gasteiger partial charge in [0, 0.05) is 24.7 Å². The van der Waals surface area contributed by atoms with Gasteiger partial charge in [-0.2, -0.15) is 0 Å². The molecule has 0 aliphatic rings. The second kappa shape index (κ2) is 5.80. The van der Waals surface area contributed by atoms with Gasteiger partial charge in [-0.15, -0.1) is 0 Å². The highest BCUT2D eigenvalue weighted by atomic mass is 16.3. The summed E-state index contributed by atoms with van der Waals surface area (Å²) in [6.45, 7) is 2.99. The van der Waals surface area contributed by atoms with Gasteiger partial charge in [0.25, 0.3) is 0 Å². The molecule has 0 unspecified atom stereocenters. The fraction of sp³-hybridized carbons (Fsp3) is 0.545. The Morgan fingerprint density at radius 3 is 2.60 bits per heavy atom. The molecule has 1 rings (SSSR count). The Labute approximate surface area is 90.0 Å². The van der Waals surface area contributed by atoms with Gasteiger partial charge >= 0.3 is 0 Å². The molecule has 0 bridgehead atoms. The molecule has 15 heavy (non-hydrogen) atoms. The van der Waals surface area contributed by atoms with E-state index in [1.807, 2.05) is 25.1 Å². The summed E-state index contributed by atoms with van der Waals surface area (Å²) in [4.78, 5) is 4.16. The van der Waals surface area contributed by atoms with Crippen molar-refractivity contribution in [3.8, 4) is 0 Å². The molecule has 0 aliphatic heterocycles. The number of aliphatic hydroxyl groups excluding tert-OH is 2. The van der Waals surface area contributed by atoms with Crippen molar-refractivity contribution in [3.05, 3.63) is 30.1 Å². The van der Waals surface area contributed by atoms with Crippen LogP contribution in [0.4, 0.5) is 0 Å². The summed E-state index contributed by atoms with van der Waals surface area (Å²) in [6, 6.07) is 5.73. The molecule has 1 aromatic heterocycles. The standard InChI is InChI=1S/C11H18N2O2/c1-11(8-14,9-15)7-12-6-10-4-2-3-5-13-10/h2-5,12,14-15H,6-9H2,1H3. The minimum atomic E-state index is -0.464. The van der Waals surface area contributed by atoms with Crippen molar-refractivity contribution in [3.63, 3.8) is 0 Å². The monoisotopic (exact) mass is 210 g/mol. The first-order valence-corrected chi connectivity index (χ1v) is 5.02. The van der Waals surface area contributed by atoms with E-state index in [1.165, 1.54) is 0 Å². The van der Waals surface area contributed by atoms with Crippen LogP contribution in [0.3, 0.4) is 0 Å². The molecule has 3 N–H and O–H groups in total. The van der Waals surface area contributed by atoms with Crippen molar-refractivity contribution in [2.45, 2.75) is 13.5 Å². The van der Waals surface area contributed by atoms with Crippen LogP contribution in [0, 0.1) is 5.41 Å². The quantitative estimate of drug-likeness (QED) is 0.626. The fourth-order valence-electron chi connectivity index (χ4n) is 1.16. The molecule has 4 heteroatoms. The van der Waals surface area contributed by atoms with Crippen molar-refractivity contribution >= 4 is 0 Å². The molecule has 84 valence electrons. The summed E-state index contributed by atoms with van der Waals surface area (Å²) in [5, 5.41) is 21.3. The van der Waals surface area contributed by atoms with Crippen molar-refractivity contribution in [2.75, 3.05) is 19.8 Å². The lowest BCUT2D eigenvalue weighted by molar-refractivity contribution is 0.0694. The van der Waals surface area contributed by atoms with Crippen LogP contribution in [-0.4, -0.2) is 35.0 Å². The van der Waals surface area contributed by atoms with E-state index in [1.54, 1.807) is 6.20 Å². The molecule has 0 fully saturated rings. The summed E-state index contributed by atoms with van der Waals surface area (Å²) >= 11 is 0. The number of aromatic nitrogens is 1. The third-order valence-corrected chi connectivity index (χ3v) is 2.35. The van der Waals surface area contributed by atoms with E-state index in [0.717, 1.165) is 5.69 Å². The first-order valence-electron chi connectivity index (χ1n) is 5.02. The van der Waals surface area contributed by atoms with Crippen LogP contribution in [0.2, 0.25) is 0 Å².